The third kappa shape index (κ3) is 3.87. The maximum atomic E-state index is 12.9. The van der Waals surface area contributed by atoms with Crippen LogP contribution < -0.4 is 5.32 Å². The maximum absolute atomic E-state index is 12.9. The molecule has 3 aromatic rings. The second kappa shape index (κ2) is 7.82. The van der Waals surface area contributed by atoms with Gasteiger partial charge in [0.25, 0.3) is 0 Å². The average Bonchev–Trinajstić information content (AvgIpc) is 3.34. The molecular formula is C23H19F3N2O2. The van der Waals surface area contributed by atoms with Crippen molar-refractivity contribution in [3.05, 3.63) is 94.8 Å². The molecule has 1 atom stereocenters. The lowest BCUT2D eigenvalue weighted by atomic mass is 10.0. The summed E-state index contributed by atoms with van der Waals surface area (Å²) in [7, 11) is 0. The predicted octanol–water partition coefficient (Wildman–Crippen LogP) is 4.54. The third-order valence-corrected chi connectivity index (χ3v) is 5.32. The molecule has 154 valence electrons. The van der Waals surface area contributed by atoms with Gasteiger partial charge in [-0.15, -0.1) is 0 Å². The van der Waals surface area contributed by atoms with Crippen LogP contribution >= 0.6 is 0 Å². The standard InChI is InChI=1S/C23H19F3N2O2/c24-23(25,26)17-8-4-5-15(13-17)14-27-22(30)18-11-12-28-19(18)9-10-20(28)21(29)16-6-2-1-3-7-16/h1-10,13,18H,11-12,14H2,(H,27,30)/t18-/m0/s1. The fourth-order valence-corrected chi connectivity index (χ4v) is 3.81. The molecule has 0 unspecified atom stereocenters. The molecule has 1 aromatic heterocycles. The van der Waals surface area contributed by atoms with E-state index in [0.717, 1.165) is 17.8 Å². The molecule has 0 radical (unpaired) electrons. The number of benzene rings is 2. The van der Waals surface area contributed by atoms with Crippen molar-refractivity contribution in [1.29, 1.82) is 0 Å². The van der Waals surface area contributed by atoms with E-state index in [-0.39, 0.29) is 18.2 Å². The number of ketones is 1. The highest BCUT2D eigenvalue weighted by Crippen LogP contribution is 2.32. The highest BCUT2D eigenvalue weighted by molar-refractivity contribution is 6.08. The Bertz CT molecular complexity index is 1090. The lowest BCUT2D eigenvalue weighted by molar-refractivity contribution is -0.137. The van der Waals surface area contributed by atoms with Gasteiger partial charge in [-0.3, -0.25) is 9.59 Å². The van der Waals surface area contributed by atoms with Crippen LogP contribution in [0.2, 0.25) is 0 Å². The Labute approximate surface area is 171 Å². The number of nitrogens with one attached hydrogen (secondary N) is 1. The summed E-state index contributed by atoms with van der Waals surface area (Å²) in [5, 5.41) is 2.73. The number of hydrogen-bond donors (Lipinski definition) is 1. The fraction of sp³-hybridized carbons (Fsp3) is 0.217. The summed E-state index contributed by atoms with van der Waals surface area (Å²) in [5.41, 5.74) is 1.50. The Morgan fingerprint density at radius 2 is 1.77 bits per heavy atom. The zero-order chi connectivity index (χ0) is 21.3. The van der Waals surface area contributed by atoms with Gasteiger partial charge >= 0.3 is 6.18 Å². The Balaban J connectivity index is 1.46. The predicted molar refractivity (Wildman–Crippen MR) is 105 cm³/mol. The van der Waals surface area contributed by atoms with E-state index in [1.807, 2.05) is 10.6 Å². The summed E-state index contributed by atoms with van der Waals surface area (Å²) >= 11 is 0. The summed E-state index contributed by atoms with van der Waals surface area (Å²) < 4.78 is 40.4. The molecule has 4 nitrogen and oxygen atoms in total. The Kier molecular flexibility index (Phi) is 5.20. The quantitative estimate of drug-likeness (QED) is 0.626. The molecule has 0 spiro atoms. The zero-order valence-corrected chi connectivity index (χ0v) is 15.9. The molecule has 0 fully saturated rings. The van der Waals surface area contributed by atoms with Gasteiger partial charge in [0.15, 0.2) is 0 Å². The average molecular weight is 412 g/mol. The number of carbonyl (C=O) groups is 2. The van der Waals surface area contributed by atoms with E-state index in [1.54, 1.807) is 42.5 Å². The summed E-state index contributed by atoms with van der Waals surface area (Å²) in [6, 6.07) is 17.3. The van der Waals surface area contributed by atoms with Crippen molar-refractivity contribution in [3.63, 3.8) is 0 Å². The highest BCUT2D eigenvalue weighted by atomic mass is 19.4. The van der Waals surface area contributed by atoms with E-state index in [4.69, 9.17) is 0 Å². The van der Waals surface area contributed by atoms with Gasteiger partial charge in [-0.1, -0.05) is 42.5 Å². The van der Waals surface area contributed by atoms with Gasteiger partial charge < -0.3 is 9.88 Å². The summed E-state index contributed by atoms with van der Waals surface area (Å²) in [6.07, 6.45) is -3.88. The van der Waals surface area contributed by atoms with Crippen molar-refractivity contribution < 1.29 is 22.8 Å². The number of amides is 1. The third-order valence-electron chi connectivity index (χ3n) is 5.32. The van der Waals surface area contributed by atoms with Crippen molar-refractivity contribution in [2.24, 2.45) is 0 Å². The van der Waals surface area contributed by atoms with E-state index in [2.05, 4.69) is 5.32 Å². The van der Waals surface area contributed by atoms with Crippen LogP contribution in [0.15, 0.2) is 66.7 Å². The van der Waals surface area contributed by atoms with Gasteiger partial charge in [0.1, 0.15) is 0 Å². The lowest BCUT2D eigenvalue weighted by Gasteiger charge is -2.12. The molecule has 30 heavy (non-hydrogen) atoms. The minimum Gasteiger partial charge on any atom is -0.351 e. The maximum Gasteiger partial charge on any atom is 0.416 e. The van der Waals surface area contributed by atoms with E-state index in [1.165, 1.54) is 6.07 Å². The van der Waals surface area contributed by atoms with Crippen molar-refractivity contribution in [1.82, 2.24) is 9.88 Å². The summed E-state index contributed by atoms with van der Waals surface area (Å²) in [5.74, 6) is -0.803. The number of carbonyl (C=O) groups excluding carboxylic acids is 2. The minimum absolute atomic E-state index is 0.00969. The van der Waals surface area contributed by atoms with Gasteiger partial charge in [0.2, 0.25) is 11.7 Å². The second-order valence-corrected chi connectivity index (χ2v) is 7.25. The number of fused-ring (bicyclic) bond motifs is 1. The topological polar surface area (TPSA) is 51.1 Å². The van der Waals surface area contributed by atoms with Crippen LogP contribution in [0.5, 0.6) is 0 Å². The largest absolute Gasteiger partial charge is 0.416 e. The summed E-state index contributed by atoms with van der Waals surface area (Å²) in [6.45, 7) is 0.549. The Morgan fingerprint density at radius 1 is 1.00 bits per heavy atom. The molecule has 4 rings (SSSR count). The molecule has 0 aliphatic carbocycles. The van der Waals surface area contributed by atoms with Crippen molar-refractivity contribution in [2.75, 3.05) is 0 Å². The van der Waals surface area contributed by atoms with Crippen LogP contribution in [0.4, 0.5) is 13.2 Å². The molecule has 0 bridgehead atoms. The number of rotatable bonds is 5. The van der Waals surface area contributed by atoms with Crippen LogP contribution in [-0.2, 0) is 24.1 Å². The SMILES string of the molecule is O=C(c1ccccc1)c1ccc2n1CC[C@@H]2C(=O)NCc1cccc(C(F)(F)F)c1. The monoisotopic (exact) mass is 412 g/mol. The van der Waals surface area contributed by atoms with Gasteiger partial charge in [-0.2, -0.15) is 13.2 Å². The number of aromatic nitrogens is 1. The first-order valence-electron chi connectivity index (χ1n) is 9.57. The number of nitrogens with zero attached hydrogens (tertiary/aromatic N) is 1. The zero-order valence-electron chi connectivity index (χ0n) is 15.9. The van der Waals surface area contributed by atoms with Gasteiger partial charge in [-0.05, 0) is 36.2 Å². The molecule has 2 heterocycles. The van der Waals surface area contributed by atoms with Crippen molar-refractivity contribution in [3.8, 4) is 0 Å². The van der Waals surface area contributed by atoms with E-state index in [0.29, 0.717) is 29.8 Å². The van der Waals surface area contributed by atoms with Crippen LogP contribution in [0.25, 0.3) is 0 Å². The smallest absolute Gasteiger partial charge is 0.351 e. The van der Waals surface area contributed by atoms with E-state index in [9.17, 15) is 22.8 Å². The Hall–Kier alpha value is -3.35. The first-order chi connectivity index (χ1) is 14.3. The van der Waals surface area contributed by atoms with Crippen molar-refractivity contribution in [2.45, 2.75) is 31.6 Å². The van der Waals surface area contributed by atoms with Crippen LogP contribution in [0.3, 0.4) is 0 Å². The summed E-state index contributed by atoms with van der Waals surface area (Å²) in [4.78, 5) is 25.4. The van der Waals surface area contributed by atoms with Crippen LogP contribution in [0, 0.1) is 0 Å². The van der Waals surface area contributed by atoms with E-state index >= 15 is 0 Å². The molecule has 1 aliphatic heterocycles. The number of halogens is 3. The molecule has 2 aromatic carbocycles. The molecule has 0 saturated heterocycles. The lowest BCUT2D eigenvalue weighted by Crippen LogP contribution is -2.28. The highest BCUT2D eigenvalue weighted by Gasteiger charge is 2.32. The molecule has 1 aliphatic rings. The van der Waals surface area contributed by atoms with Crippen molar-refractivity contribution >= 4 is 11.7 Å². The Morgan fingerprint density at radius 3 is 2.50 bits per heavy atom. The van der Waals surface area contributed by atoms with Gasteiger partial charge in [0, 0.05) is 24.3 Å². The first-order valence-corrected chi connectivity index (χ1v) is 9.57. The molecule has 1 N–H and O–H groups in total. The fourth-order valence-electron chi connectivity index (χ4n) is 3.81. The normalized spacial score (nSPS) is 15.6. The van der Waals surface area contributed by atoms with Crippen LogP contribution in [-0.4, -0.2) is 16.3 Å². The minimum atomic E-state index is -4.42. The van der Waals surface area contributed by atoms with Gasteiger partial charge in [-0.25, -0.2) is 0 Å². The van der Waals surface area contributed by atoms with Crippen LogP contribution in [0.1, 0.15) is 45.2 Å². The molecule has 1 amide bonds. The number of hydrogen-bond acceptors (Lipinski definition) is 2. The molecular weight excluding hydrogens is 393 g/mol. The van der Waals surface area contributed by atoms with Gasteiger partial charge in [0.05, 0.1) is 17.2 Å². The number of alkyl halides is 3. The molecule has 0 saturated carbocycles. The first kappa shape index (κ1) is 19.9. The molecule has 7 heteroatoms. The second-order valence-electron chi connectivity index (χ2n) is 7.25. The van der Waals surface area contributed by atoms with E-state index < -0.39 is 17.7 Å².